The van der Waals surface area contributed by atoms with E-state index in [1.807, 2.05) is 48.5 Å². The normalized spacial score (nSPS) is 10.4. The number of nitrogens with zero attached hydrogens (tertiary/aromatic N) is 1. The van der Waals surface area contributed by atoms with Gasteiger partial charge >= 0.3 is 6.03 Å². The molecule has 6 heteroatoms. The number of urea groups is 1. The predicted molar refractivity (Wildman–Crippen MR) is 86.0 cm³/mol. The van der Waals surface area contributed by atoms with Gasteiger partial charge < -0.3 is 10.5 Å². The van der Waals surface area contributed by atoms with E-state index in [9.17, 15) is 4.79 Å². The zero-order chi connectivity index (χ0) is 14.4. The number of nitrogens with two attached hydrogens (primary N) is 1. The van der Waals surface area contributed by atoms with Crippen LogP contribution in [0.25, 0.3) is 0 Å². The van der Waals surface area contributed by atoms with Gasteiger partial charge in [0.15, 0.2) is 0 Å². The lowest BCUT2D eigenvalue weighted by Gasteiger charge is -2.05. The molecule has 102 valence electrons. The molecule has 2 aromatic rings. The maximum absolute atomic E-state index is 10.4. The third kappa shape index (κ3) is 4.54. The number of halogens is 1. The number of carbonyl (C=O) groups is 1. The summed E-state index contributed by atoms with van der Waals surface area (Å²) in [6.45, 7) is 0. The third-order valence-corrected chi connectivity index (χ3v) is 3.04. The number of rotatable bonds is 4. The molecule has 0 unspecified atom stereocenters. The molecule has 0 saturated heterocycles. The fourth-order valence-corrected chi connectivity index (χ4v) is 1.79. The number of hydrogen-bond acceptors (Lipinski definition) is 3. The van der Waals surface area contributed by atoms with Crippen LogP contribution in [0.5, 0.6) is 11.5 Å². The van der Waals surface area contributed by atoms with Gasteiger partial charge in [0.05, 0.1) is 6.21 Å². The average molecular weight is 381 g/mol. The summed E-state index contributed by atoms with van der Waals surface area (Å²) in [5, 5.41) is 3.67. The second-order valence-corrected chi connectivity index (χ2v) is 5.10. The standard InChI is InChI=1S/C14H12IN3O2/c15-11-3-7-13(8-4-11)20-12-5-1-10(2-6-12)9-17-18-14(16)19/h1-9H,(H3,16,18,19)/b17-9-. The molecule has 0 spiro atoms. The number of benzene rings is 2. The minimum Gasteiger partial charge on any atom is -0.457 e. The van der Waals surface area contributed by atoms with Crippen molar-refractivity contribution in [2.24, 2.45) is 10.8 Å². The van der Waals surface area contributed by atoms with Crippen LogP contribution in [-0.2, 0) is 0 Å². The van der Waals surface area contributed by atoms with Crippen molar-refractivity contribution in [2.45, 2.75) is 0 Å². The topological polar surface area (TPSA) is 76.7 Å². The van der Waals surface area contributed by atoms with E-state index in [1.165, 1.54) is 6.21 Å². The van der Waals surface area contributed by atoms with Crippen molar-refractivity contribution in [3.63, 3.8) is 0 Å². The lowest BCUT2D eigenvalue weighted by molar-refractivity contribution is 0.249. The summed E-state index contributed by atoms with van der Waals surface area (Å²) in [6, 6.07) is 14.4. The van der Waals surface area contributed by atoms with E-state index >= 15 is 0 Å². The molecule has 2 amide bonds. The Balaban J connectivity index is 1.99. The highest BCUT2D eigenvalue weighted by Crippen LogP contribution is 2.22. The van der Waals surface area contributed by atoms with E-state index in [2.05, 4.69) is 33.1 Å². The summed E-state index contributed by atoms with van der Waals surface area (Å²) in [5.41, 5.74) is 7.85. The Morgan fingerprint density at radius 2 is 1.65 bits per heavy atom. The molecule has 20 heavy (non-hydrogen) atoms. The molecule has 2 rings (SSSR count). The highest BCUT2D eigenvalue weighted by atomic mass is 127. The zero-order valence-electron chi connectivity index (χ0n) is 10.4. The molecule has 0 atom stereocenters. The van der Waals surface area contributed by atoms with Crippen molar-refractivity contribution in [3.8, 4) is 11.5 Å². The minimum atomic E-state index is -0.695. The fraction of sp³-hybridized carbons (Fsp3) is 0. The predicted octanol–water partition coefficient (Wildman–Crippen LogP) is 3.09. The first-order valence-corrected chi connectivity index (χ1v) is 6.83. The monoisotopic (exact) mass is 381 g/mol. The van der Waals surface area contributed by atoms with E-state index in [4.69, 9.17) is 10.5 Å². The van der Waals surface area contributed by atoms with Gasteiger partial charge in [-0.3, -0.25) is 0 Å². The summed E-state index contributed by atoms with van der Waals surface area (Å²) in [4.78, 5) is 10.4. The first-order valence-electron chi connectivity index (χ1n) is 5.75. The fourth-order valence-electron chi connectivity index (χ4n) is 1.43. The second kappa shape index (κ2) is 6.90. The number of hydrazone groups is 1. The van der Waals surface area contributed by atoms with Crippen LogP contribution < -0.4 is 15.9 Å². The Hall–Kier alpha value is -2.09. The van der Waals surface area contributed by atoms with Gasteiger partial charge in [0.25, 0.3) is 0 Å². The first kappa shape index (κ1) is 14.3. The van der Waals surface area contributed by atoms with Crippen molar-refractivity contribution < 1.29 is 9.53 Å². The van der Waals surface area contributed by atoms with Gasteiger partial charge in [-0.05, 0) is 76.7 Å². The summed E-state index contributed by atoms with van der Waals surface area (Å²) in [7, 11) is 0. The Morgan fingerprint density at radius 1 is 1.10 bits per heavy atom. The van der Waals surface area contributed by atoms with Gasteiger partial charge in [0.1, 0.15) is 11.5 Å². The van der Waals surface area contributed by atoms with Crippen LogP contribution >= 0.6 is 22.6 Å². The molecule has 0 radical (unpaired) electrons. The number of nitrogens with one attached hydrogen (secondary N) is 1. The molecule has 3 N–H and O–H groups in total. The number of ether oxygens (including phenoxy) is 1. The Bertz CT molecular complexity index is 609. The third-order valence-electron chi connectivity index (χ3n) is 2.32. The molecule has 5 nitrogen and oxygen atoms in total. The van der Waals surface area contributed by atoms with Crippen molar-refractivity contribution in [2.75, 3.05) is 0 Å². The maximum Gasteiger partial charge on any atom is 0.332 e. The van der Waals surface area contributed by atoms with Gasteiger partial charge in [-0.15, -0.1) is 0 Å². The SMILES string of the molecule is NC(=O)N/N=C\c1ccc(Oc2ccc(I)cc2)cc1. The van der Waals surface area contributed by atoms with Crippen LogP contribution in [-0.4, -0.2) is 12.2 Å². The van der Waals surface area contributed by atoms with Crippen LogP contribution in [0.1, 0.15) is 5.56 Å². The van der Waals surface area contributed by atoms with Gasteiger partial charge in [-0.2, -0.15) is 5.10 Å². The van der Waals surface area contributed by atoms with E-state index < -0.39 is 6.03 Å². The summed E-state index contributed by atoms with van der Waals surface area (Å²) in [6.07, 6.45) is 1.50. The largest absolute Gasteiger partial charge is 0.457 e. The smallest absolute Gasteiger partial charge is 0.332 e. The van der Waals surface area contributed by atoms with Crippen LogP contribution in [0, 0.1) is 3.57 Å². The lowest BCUT2D eigenvalue weighted by Crippen LogP contribution is -2.24. The summed E-state index contributed by atoms with van der Waals surface area (Å²) < 4.78 is 6.85. The molecule has 0 fully saturated rings. The van der Waals surface area contributed by atoms with Crippen molar-refractivity contribution >= 4 is 34.8 Å². The lowest BCUT2D eigenvalue weighted by atomic mass is 10.2. The van der Waals surface area contributed by atoms with E-state index in [1.54, 1.807) is 0 Å². The second-order valence-electron chi connectivity index (χ2n) is 3.86. The van der Waals surface area contributed by atoms with Gasteiger partial charge in [0, 0.05) is 3.57 Å². The van der Waals surface area contributed by atoms with Crippen molar-refractivity contribution in [1.82, 2.24) is 5.43 Å². The van der Waals surface area contributed by atoms with E-state index in [-0.39, 0.29) is 0 Å². The summed E-state index contributed by atoms with van der Waals surface area (Å²) >= 11 is 2.24. The maximum atomic E-state index is 10.4. The van der Waals surface area contributed by atoms with Crippen molar-refractivity contribution in [1.29, 1.82) is 0 Å². The highest BCUT2D eigenvalue weighted by molar-refractivity contribution is 14.1. The Labute approximate surface area is 130 Å². The van der Waals surface area contributed by atoms with Crippen LogP contribution in [0.4, 0.5) is 4.79 Å². The number of carbonyl (C=O) groups excluding carboxylic acids is 1. The molecule has 0 aromatic heterocycles. The zero-order valence-corrected chi connectivity index (χ0v) is 12.6. The highest BCUT2D eigenvalue weighted by Gasteiger charge is 1.97. The number of amides is 2. The Morgan fingerprint density at radius 3 is 2.20 bits per heavy atom. The van der Waals surface area contributed by atoms with Crippen molar-refractivity contribution in [3.05, 3.63) is 57.7 Å². The molecule has 0 aliphatic rings. The van der Waals surface area contributed by atoms with Gasteiger partial charge in [-0.25, -0.2) is 10.2 Å². The van der Waals surface area contributed by atoms with E-state index in [0.717, 1.165) is 20.6 Å². The molecule has 2 aromatic carbocycles. The van der Waals surface area contributed by atoms with Crippen LogP contribution in [0.3, 0.4) is 0 Å². The Kier molecular flexibility index (Phi) is 4.94. The molecule has 0 aliphatic carbocycles. The molecule has 0 aliphatic heterocycles. The van der Waals surface area contributed by atoms with Crippen LogP contribution in [0.15, 0.2) is 53.6 Å². The number of hydrogen-bond donors (Lipinski definition) is 2. The molecule has 0 heterocycles. The van der Waals surface area contributed by atoms with Crippen LogP contribution in [0.2, 0.25) is 0 Å². The number of primary amides is 1. The molecular formula is C14H12IN3O2. The van der Waals surface area contributed by atoms with E-state index in [0.29, 0.717) is 0 Å². The quantitative estimate of drug-likeness (QED) is 0.485. The van der Waals surface area contributed by atoms with Gasteiger partial charge in [0.2, 0.25) is 0 Å². The van der Waals surface area contributed by atoms with Gasteiger partial charge in [-0.1, -0.05) is 0 Å². The first-order chi connectivity index (χ1) is 9.63. The minimum absolute atomic E-state index is 0.695. The average Bonchev–Trinajstić information content (AvgIpc) is 2.43. The summed E-state index contributed by atoms with van der Waals surface area (Å²) in [5.74, 6) is 1.51. The molecular weight excluding hydrogens is 369 g/mol. The molecule has 0 bridgehead atoms. The molecule has 0 saturated carbocycles.